The summed E-state index contributed by atoms with van der Waals surface area (Å²) in [5, 5.41) is 12.8. The number of allylic oxidation sites excluding steroid dienone is 1. The SMILES string of the molecule is CC(C)(C)/C=C(/C#N)C(=O)N1C[C@H]2C[C@H]2[C@@H]1COC(=O)N[C@@H](Cc1ccccc1)B1O[C@@H]2C[C@@H]3C[C@@H](C3(C)C)[C@]2(C)O1. The van der Waals surface area contributed by atoms with Gasteiger partial charge < -0.3 is 24.3 Å². The molecule has 2 heterocycles. The quantitative estimate of drug-likeness (QED) is 0.282. The summed E-state index contributed by atoms with van der Waals surface area (Å²) in [5.41, 5.74) is 0.769. The Hall–Kier alpha value is -2.83. The van der Waals surface area contributed by atoms with Gasteiger partial charge in [0.2, 0.25) is 0 Å². The number of benzene rings is 1. The molecule has 6 fully saturated rings. The highest BCUT2D eigenvalue weighted by Gasteiger charge is 2.68. The molecule has 2 bridgehead atoms. The maximum Gasteiger partial charge on any atom is 0.482 e. The summed E-state index contributed by atoms with van der Waals surface area (Å²) in [7, 11) is -0.582. The zero-order valence-corrected chi connectivity index (χ0v) is 25.8. The minimum absolute atomic E-state index is 0.00992. The molecular weight excluding hydrogens is 529 g/mol. The maximum absolute atomic E-state index is 13.3. The third kappa shape index (κ3) is 5.26. The van der Waals surface area contributed by atoms with E-state index < -0.39 is 19.2 Å². The predicted molar refractivity (Wildman–Crippen MR) is 159 cm³/mol. The molecule has 1 aromatic carbocycles. The van der Waals surface area contributed by atoms with Crippen LogP contribution in [0, 0.1) is 45.8 Å². The van der Waals surface area contributed by atoms with E-state index in [2.05, 4.69) is 32.2 Å². The topological polar surface area (TPSA) is 101 Å². The molecule has 4 saturated carbocycles. The average molecular weight is 574 g/mol. The number of nitrogens with zero attached hydrogens (tertiary/aromatic N) is 2. The van der Waals surface area contributed by atoms with Crippen LogP contribution in [-0.2, 0) is 25.3 Å². The zero-order chi connectivity index (χ0) is 30.0. The van der Waals surface area contributed by atoms with Gasteiger partial charge in [-0.05, 0) is 72.7 Å². The second kappa shape index (κ2) is 10.4. The molecule has 0 unspecified atom stereocenters. The predicted octanol–water partition coefficient (Wildman–Crippen LogP) is 4.93. The van der Waals surface area contributed by atoms with Crippen LogP contribution < -0.4 is 5.32 Å². The smallest absolute Gasteiger partial charge is 0.447 e. The highest BCUT2D eigenvalue weighted by atomic mass is 16.7. The third-order valence-corrected chi connectivity index (χ3v) is 10.8. The summed E-state index contributed by atoms with van der Waals surface area (Å²) >= 11 is 0. The molecule has 2 saturated heterocycles. The molecular formula is C33H44BN3O5. The van der Waals surface area contributed by atoms with Crippen molar-refractivity contribution in [2.45, 2.75) is 90.9 Å². The number of hydrogen-bond acceptors (Lipinski definition) is 6. The van der Waals surface area contributed by atoms with Crippen molar-refractivity contribution in [1.82, 2.24) is 10.2 Å². The monoisotopic (exact) mass is 573 g/mol. The molecule has 0 radical (unpaired) electrons. The molecule has 2 aliphatic heterocycles. The number of piperidine rings is 1. The van der Waals surface area contributed by atoms with Crippen molar-refractivity contribution in [2.24, 2.45) is 34.5 Å². The first-order valence-electron chi connectivity index (χ1n) is 15.5. The third-order valence-electron chi connectivity index (χ3n) is 10.8. The van der Waals surface area contributed by atoms with Crippen molar-refractivity contribution in [3.05, 3.63) is 47.5 Å². The van der Waals surface area contributed by atoms with Gasteiger partial charge in [0, 0.05) is 6.54 Å². The first-order chi connectivity index (χ1) is 19.8. The summed E-state index contributed by atoms with van der Waals surface area (Å²) in [6, 6.07) is 11.9. The van der Waals surface area contributed by atoms with Gasteiger partial charge in [0.05, 0.1) is 23.7 Å². The van der Waals surface area contributed by atoms with Crippen molar-refractivity contribution < 1.29 is 23.6 Å². The number of hydrogen-bond donors (Lipinski definition) is 1. The van der Waals surface area contributed by atoms with Crippen molar-refractivity contribution >= 4 is 19.1 Å². The Morgan fingerprint density at radius 3 is 2.62 bits per heavy atom. The molecule has 8 nitrogen and oxygen atoms in total. The van der Waals surface area contributed by atoms with Gasteiger partial charge in [-0.15, -0.1) is 0 Å². The normalized spacial score (nSPS) is 34.9. The lowest BCUT2D eigenvalue weighted by atomic mass is 9.43. The first kappa shape index (κ1) is 29.3. The van der Waals surface area contributed by atoms with Crippen LogP contribution in [0.5, 0.6) is 0 Å². The Morgan fingerprint density at radius 2 is 1.95 bits per heavy atom. The Bertz CT molecular complexity index is 1300. The van der Waals surface area contributed by atoms with E-state index in [1.807, 2.05) is 51.1 Å². The Kier molecular flexibility index (Phi) is 7.25. The summed E-state index contributed by atoms with van der Waals surface area (Å²) in [4.78, 5) is 28.3. The molecule has 224 valence electrons. The fourth-order valence-corrected chi connectivity index (χ4v) is 8.26. The lowest BCUT2D eigenvalue weighted by Crippen LogP contribution is -2.65. The van der Waals surface area contributed by atoms with Crippen LogP contribution in [0.25, 0.3) is 0 Å². The Morgan fingerprint density at radius 1 is 1.21 bits per heavy atom. The summed E-state index contributed by atoms with van der Waals surface area (Å²) in [5.74, 6) is 1.06. The number of rotatable bonds is 7. The average Bonchev–Trinajstić information content (AvgIpc) is 3.46. The van der Waals surface area contributed by atoms with E-state index in [1.165, 1.54) is 0 Å². The number of fused-ring (bicyclic) bond motifs is 1. The number of likely N-dealkylation sites (tertiary alicyclic amines) is 1. The minimum Gasteiger partial charge on any atom is -0.447 e. The van der Waals surface area contributed by atoms with Gasteiger partial charge in [-0.25, -0.2) is 4.79 Å². The van der Waals surface area contributed by atoms with Gasteiger partial charge in [0.15, 0.2) is 0 Å². The van der Waals surface area contributed by atoms with E-state index in [0.29, 0.717) is 36.6 Å². The molecule has 6 aliphatic rings. The van der Waals surface area contributed by atoms with E-state index >= 15 is 0 Å². The van der Waals surface area contributed by atoms with Gasteiger partial charge in [0.25, 0.3) is 5.91 Å². The fraction of sp³-hybridized carbons (Fsp3) is 0.667. The Labute approximate surface area is 250 Å². The van der Waals surface area contributed by atoms with Gasteiger partial charge >= 0.3 is 13.2 Å². The maximum atomic E-state index is 13.3. The number of carbonyl (C=O) groups is 2. The summed E-state index contributed by atoms with van der Waals surface area (Å²) in [6.07, 6.45) is 4.88. The Balaban J connectivity index is 1.13. The summed E-state index contributed by atoms with van der Waals surface area (Å²) < 4.78 is 19.1. The van der Waals surface area contributed by atoms with E-state index in [-0.39, 0.29) is 46.7 Å². The van der Waals surface area contributed by atoms with Gasteiger partial charge in [0.1, 0.15) is 18.2 Å². The molecule has 1 N–H and O–H groups in total. The van der Waals surface area contributed by atoms with E-state index in [9.17, 15) is 14.9 Å². The van der Waals surface area contributed by atoms with Crippen LogP contribution in [0.2, 0.25) is 0 Å². The number of ether oxygens (including phenoxy) is 1. The van der Waals surface area contributed by atoms with Crippen molar-refractivity contribution in [1.29, 1.82) is 5.26 Å². The first-order valence-corrected chi connectivity index (χ1v) is 15.5. The molecule has 9 heteroatoms. The van der Waals surface area contributed by atoms with E-state index in [0.717, 1.165) is 24.8 Å². The highest BCUT2D eigenvalue weighted by molar-refractivity contribution is 6.47. The highest BCUT2D eigenvalue weighted by Crippen LogP contribution is 2.65. The lowest BCUT2D eigenvalue weighted by Gasteiger charge is -2.64. The van der Waals surface area contributed by atoms with Gasteiger partial charge in [-0.3, -0.25) is 4.79 Å². The number of carbonyl (C=O) groups excluding carboxylic acids is 2. The second-order valence-corrected chi connectivity index (χ2v) is 15.1. The largest absolute Gasteiger partial charge is 0.482 e. The molecule has 0 aromatic heterocycles. The van der Waals surface area contributed by atoms with Gasteiger partial charge in [-0.2, -0.15) is 5.26 Å². The van der Waals surface area contributed by atoms with Crippen molar-refractivity contribution in [3.8, 4) is 6.07 Å². The number of alkyl carbamates (subject to hydrolysis) is 1. The molecule has 0 spiro atoms. The zero-order valence-electron chi connectivity index (χ0n) is 25.8. The van der Waals surface area contributed by atoms with Crippen LogP contribution in [0.1, 0.15) is 66.4 Å². The lowest BCUT2D eigenvalue weighted by molar-refractivity contribution is -0.199. The molecule has 8 atom stereocenters. The molecule has 2 amide bonds. The molecule has 4 aliphatic carbocycles. The standard InChI is InChI=1S/C33H44BN3O5/c1-31(2,3)16-22(17-35)29(38)37-18-21-13-24(21)25(37)19-40-30(39)36-28(12-20-10-8-7-9-11-20)34-41-27-15-23-14-26(32(23,4)5)33(27,6)42-34/h7-11,16,21,23-28H,12-15,18-19H2,1-6H3,(H,36,39)/b22-16-/t21-,23+,24-,25+,26+,27-,28+,33+/m1/s1. The molecule has 7 rings (SSSR count). The van der Waals surface area contributed by atoms with Crippen molar-refractivity contribution in [3.63, 3.8) is 0 Å². The second-order valence-electron chi connectivity index (χ2n) is 15.1. The van der Waals surface area contributed by atoms with E-state index in [1.54, 1.807) is 11.0 Å². The van der Waals surface area contributed by atoms with Crippen LogP contribution in [0.3, 0.4) is 0 Å². The van der Waals surface area contributed by atoms with E-state index in [4.69, 9.17) is 14.0 Å². The number of nitrogens with one attached hydrogen (secondary N) is 1. The molecule has 1 aromatic rings. The van der Waals surface area contributed by atoms with Crippen molar-refractivity contribution in [2.75, 3.05) is 13.2 Å². The van der Waals surface area contributed by atoms with Crippen LogP contribution in [-0.4, -0.2) is 60.9 Å². The fourth-order valence-electron chi connectivity index (χ4n) is 8.26. The van der Waals surface area contributed by atoms with Crippen LogP contribution in [0.15, 0.2) is 42.0 Å². The minimum atomic E-state index is -0.582. The molecule has 42 heavy (non-hydrogen) atoms. The van der Waals surface area contributed by atoms with Crippen LogP contribution in [0.4, 0.5) is 4.79 Å². The number of nitriles is 1. The summed E-state index contributed by atoms with van der Waals surface area (Å²) in [6.45, 7) is 13.4. The van der Waals surface area contributed by atoms with Gasteiger partial charge in [-0.1, -0.05) is 71.0 Å². The van der Waals surface area contributed by atoms with Crippen LogP contribution >= 0.6 is 0 Å². The number of amides is 2.